The molecule has 2 saturated carbocycles. The summed E-state index contributed by atoms with van der Waals surface area (Å²) in [4.78, 5) is 12.0. The van der Waals surface area contributed by atoms with Crippen molar-refractivity contribution in [3.05, 3.63) is 17.7 Å². The summed E-state index contributed by atoms with van der Waals surface area (Å²) in [7, 11) is 0. The Labute approximate surface area is 137 Å². The molecular weight excluding hydrogens is 322 g/mol. The molecule has 0 radical (unpaired) electrons. The number of benzene rings is 1. The molecule has 2 fully saturated rings. The van der Waals surface area contributed by atoms with Crippen LogP contribution in [-0.2, 0) is 6.54 Å². The Morgan fingerprint density at radius 2 is 2.00 bits per heavy atom. The standard InChI is InChI=1S/C16H18F2N2O4/c17-14(18)24-11-4-13-12(22-8-23-13)3-9(11)7-19-15(21)20-10-5-16(6-10)1-2-16/h3-4,10,14H,1-2,5-8H2,(H2,19,20,21). The maximum Gasteiger partial charge on any atom is 0.387 e. The minimum Gasteiger partial charge on any atom is -0.454 e. The van der Waals surface area contributed by atoms with Crippen LogP contribution in [0.2, 0.25) is 0 Å². The predicted octanol–water partition coefficient (Wildman–Crippen LogP) is 2.76. The quantitative estimate of drug-likeness (QED) is 0.865. The van der Waals surface area contributed by atoms with E-state index < -0.39 is 6.61 Å². The van der Waals surface area contributed by atoms with Crippen molar-refractivity contribution in [3.63, 3.8) is 0 Å². The van der Waals surface area contributed by atoms with Crippen LogP contribution in [0.1, 0.15) is 31.2 Å². The molecule has 130 valence electrons. The van der Waals surface area contributed by atoms with Gasteiger partial charge in [0.25, 0.3) is 0 Å². The summed E-state index contributed by atoms with van der Waals surface area (Å²) in [6.07, 6.45) is 4.59. The van der Waals surface area contributed by atoms with Crippen LogP contribution in [0.15, 0.2) is 12.1 Å². The molecule has 2 aliphatic carbocycles. The number of carbonyl (C=O) groups excluding carboxylic acids is 1. The number of fused-ring (bicyclic) bond motifs is 1. The van der Waals surface area contributed by atoms with E-state index >= 15 is 0 Å². The molecule has 8 heteroatoms. The van der Waals surface area contributed by atoms with Crippen LogP contribution in [0.25, 0.3) is 0 Å². The highest BCUT2D eigenvalue weighted by molar-refractivity contribution is 5.74. The molecule has 0 aromatic heterocycles. The van der Waals surface area contributed by atoms with E-state index in [0.717, 1.165) is 12.8 Å². The second-order valence-corrected chi connectivity index (χ2v) is 6.62. The van der Waals surface area contributed by atoms with Crippen molar-refractivity contribution in [1.29, 1.82) is 0 Å². The summed E-state index contributed by atoms with van der Waals surface area (Å²) in [5, 5.41) is 5.58. The van der Waals surface area contributed by atoms with Crippen molar-refractivity contribution < 1.29 is 27.8 Å². The first-order valence-electron chi connectivity index (χ1n) is 7.95. The fraction of sp³-hybridized carbons (Fsp3) is 0.562. The lowest BCUT2D eigenvalue weighted by molar-refractivity contribution is -0.0505. The van der Waals surface area contributed by atoms with Gasteiger partial charge < -0.3 is 24.8 Å². The van der Waals surface area contributed by atoms with Crippen molar-refractivity contribution in [2.24, 2.45) is 5.41 Å². The van der Waals surface area contributed by atoms with Gasteiger partial charge in [0, 0.05) is 24.2 Å². The molecule has 1 heterocycles. The summed E-state index contributed by atoms with van der Waals surface area (Å²) in [6.45, 7) is -2.87. The number of carbonyl (C=O) groups is 1. The molecule has 1 aromatic rings. The fourth-order valence-corrected chi connectivity index (χ4v) is 3.39. The predicted molar refractivity (Wildman–Crippen MR) is 79.3 cm³/mol. The molecule has 3 aliphatic rings. The van der Waals surface area contributed by atoms with E-state index in [9.17, 15) is 13.6 Å². The van der Waals surface area contributed by atoms with Gasteiger partial charge in [0.1, 0.15) is 5.75 Å². The number of alkyl halides is 2. The molecule has 0 unspecified atom stereocenters. The minimum absolute atomic E-state index is 0.0320. The fourth-order valence-electron chi connectivity index (χ4n) is 3.39. The van der Waals surface area contributed by atoms with Gasteiger partial charge in [-0.2, -0.15) is 8.78 Å². The van der Waals surface area contributed by atoms with Gasteiger partial charge in [-0.15, -0.1) is 0 Å². The Balaban J connectivity index is 1.36. The molecule has 1 aliphatic heterocycles. The molecule has 0 bridgehead atoms. The van der Waals surface area contributed by atoms with Gasteiger partial charge in [-0.05, 0) is 37.2 Å². The maximum atomic E-state index is 12.6. The second-order valence-electron chi connectivity index (χ2n) is 6.62. The van der Waals surface area contributed by atoms with Crippen LogP contribution >= 0.6 is 0 Å². The molecule has 0 atom stereocenters. The lowest BCUT2D eigenvalue weighted by atomic mass is 9.77. The number of nitrogens with one attached hydrogen (secondary N) is 2. The highest BCUT2D eigenvalue weighted by Crippen LogP contribution is 2.60. The van der Waals surface area contributed by atoms with Gasteiger partial charge in [-0.3, -0.25) is 0 Å². The van der Waals surface area contributed by atoms with Crippen LogP contribution in [-0.4, -0.2) is 25.5 Å². The summed E-state index contributed by atoms with van der Waals surface area (Å²) in [5.74, 6) is 0.765. The molecule has 2 N–H and O–H groups in total. The van der Waals surface area contributed by atoms with Crippen molar-refractivity contribution >= 4 is 6.03 Å². The van der Waals surface area contributed by atoms with Crippen molar-refractivity contribution in [1.82, 2.24) is 10.6 Å². The van der Waals surface area contributed by atoms with Crippen LogP contribution in [0.4, 0.5) is 13.6 Å². The van der Waals surface area contributed by atoms with E-state index in [1.54, 1.807) is 6.07 Å². The van der Waals surface area contributed by atoms with Gasteiger partial charge in [-0.25, -0.2) is 4.79 Å². The number of hydrogen-bond acceptors (Lipinski definition) is 4. The normalized spacial score (nSPS) is 20.0. The van der Waals surface area contributed by atoms with E-state index in [1.807, 2.05) is 0 Å². The van der Waals surface area contributed by atoms with Gasteiger partial charge >= 0.3 is 12.6 Å². The average Bonchev–Trinajstić information content (AvgIpc) is 3.15. The summed E-state index contributed by atoms with van der Waals surface area (Å²) in [5.41, 5.74) is 0.912. The summed E-state index contributed by atoms with van der Waals surface area (Å²) >= 11 is 0. The Morgan fingerprint density at radius 1 is 1.29 bits per heavy atom. The smallest absolute Gasteiger partial charge is 0.387 e. The third kappa shape index (κ3) is 3.05. The first kappa shape index (κ1) is 15.3. The SMILES string of the molecule is O=C(NCc1cc2c(cc1OC(F)F)OCO2)NC1CC2(CC2)C1. The number of amides is 2. The highest BCUT2D eigenvalue weighted by Gasteiger charge is 2.53. The van der Waals surface area contributed by atoms with Gasteiger partial charge in [-0.1, -0.05) is 0 Å². The maximum absolute atomic E-state index is 12.6. The van der Waals surface area contributed by atoms with Gasteiger partial charge in [0.15, 0.2) is 11.5 Å². The van der Waals surface area contributed by atoms with Gasteiger partial charge in [0.2, 0.25) is 6.79 Å². The second kappa shape index (κ2) is 5.68. The molecule has 6 nitrogen and oxygen atoms in total. The molecule has 0 saturated heterocycles. The third-order valence-corrected chi connectivity index (χ3v) is 4.86. The first-order valence-corrected chi connectivity index (χ1v) is 7.95. The zero-order chi connectivity index (χ0) is 16.7. The molecular formula is C16H18F2N2O4. The van der Waals surface area contributed by atoms with E-state index in [0.29, 0.717) is 22.5 Å². The average molecular weight is 340 g/mol. The largest absolute Gasteiger partial charge is 0.454 e. The van der Waals surface area contributed by atoms with Gasteiger partial charge in [0.05, 0.1) is 0 Å². The van der Waals surface area contributed by atoms with Crippen LogP contribution in [0.3, 0.4) is 0 Å². The Kier molecular flexibility index (Phi) is 3.62. The number of urea groups is 1. The first-order chi connectivity index (χ1) is 11.5. The molecule has 24 heavy (non-hydrogen) atoms. The van der Waals surface area contributed by atoms with Crippen LogP contribution < -0.4 is 24.8 Å². The Hall–Kier alpha value is -2.25. The highest BCUT2D eigenvalue weighted by atomic mass is 19.3. The third-order valence-electron chi connectivity index (χ3n) is 4.86. The summed E-state index contributed by atoms with van der Waals surface area (Å²) < 4.78 is 40.0. The molecule has 1 spiro atoms. The molecule has 2 amide bonds. The van der Waals surface area contributed by atoms with Crippen LogP contribution in [0, 0.1) is 5.41 Å². The molecule has 1 aromatic carbocycles. The Bertz CT molecular complexity index is 656. The molecule has 4 rings (SSSR count). The number of halogens is 2. The zero-order valence-corrected chi connectivity index (χ0v) is 12.9. The van der Waals surface area contributed by atoms with Crippen LogP contribution in [0.5, 0.6) is 17.2 Å². The number of rotatable bonds is 5. The van der Waals surface area contributed by atoms with Crippen molar-refractivity contribution in [2.75, 3.05) is 6.79 Å². The summed E-state index contributed by atoms with van der Waals surface area (Å²) in [6, 6.07) is 2.80. The van der Waals surface area contributed by atoms with E-state index in [4.69, 9.17) is 9.47 Å². The van der Waals surface area contributed by atoms with Crippen molar-refractivity contribution in [2.45, 2.75) is 44.9 Å². The minimum atomic E-state index is -2.96. The Morgan fingerprint density at radius 3 is 2.67 bits per heavy atom. The number of ether oxygens (including phenoxy) is 3. The van der Waals surface area contributed by atoms with Crippen molar-refractivity contribution in [3.8, 4) is 17.2 Å². The topological polar surface area (TPSA) is 68.8 Å². The van der Waals surface area contributed by atoms with E-state index in [2.05, 4.69) is 15.4 Å². The monoisotopic (exact) mass is 340 g/mol. The lowest BCUT2D eigenvalue weighted by Crippen LogP contribution is -2.48. The van der Waals surface area contributed by atoms with E-state index in [-0.39, 0.29) is 31.2 Å². The lowest BCUT2D eigenvalue weighted by Gasteiger charge is -2.36. The number of hydrogen-bond donors (Lipinski definition) is 2. The van der Waals surface area contributed by atoms with E-state index in [1.165, 1.54) is 18.9 Å². The zero-order valence-electron chi connectivity index (χ0n) is 12.9.